The zero-order valence-electron chi connectivity index (χ0n) is 9.60. The minimum Gasteiger partial charge on any atom is -0.480 e. The summed E-state index contributed by atoms with van der Waals surface area (Å²) >= 11 is 0. The predicted octanol–water partition coefficient (Wildman–Crippen LogP) is 1.81. The molecule has 1 heterocycles. The molecule has 94 valence electrons. The molecule has 0 aliphatic carbocycles. The van der Waals surface area contributed by atoms with E-state index in [4.69, 9.17) is 10.5 Å². The molecule has 0 radical (unpaired) electrons. The number of benzene rings is 1. The normalized spacial score (nSPS) is 12.2. The molecule has 6 heteroatoms. The molecule has 0 fully saturated rings. The molecule has 4 nitrogen and oxygen atoms in total. The topological polar surface area (TPSA) is 61.0 Å². The van der Waals surface area contributed by atoms with Gasteiger partial charge in [-0.3, -0.25) is 4.98 Å². The summed E-state index contributed by atoms with van der Waals surface area (Å²) in [6.45, 7) is 0. The fourth-order valence-corrected chi connectivity index (χ4v) is 1.65. The molecule has 0 bridgehead atoms. The highest BCUT2D eigenvalue weighted by molar-refractivity contribution is 5.33. The Kier molecular flexibility index (Phi) is 3.47. The molecule has 1 aromatic heterocycles. The van der Waals surface area contributed by atoms with Gasteiger partial charge in [0.25, 0.3) is 0 Å². The van der Waals surface area contributed by atoms with E-state index in [0.717, 1.165) is 12.1 Å². The van der Waals surface area contributed by atoms with Gasteiger partial charge >= 0.3 is 0 Å². The van der Waals surface area contributed by atoms with E-state index < -0.39 is 17.7 Å². The van der Waals surface area contributed by atoms with Crippen molar-refractivity contribution >= 4 is 0 Å². The molecule has 1 unspecified atom stereocenters. The maximum absolute atomic E-state index is 13.6. The van der Waals surface area contributed by atoms with Crippen LogP contribution in [0.25, 0.3) is 0 Å². The fraction of sp³-hybridized carbons (Fsp3) is 0.167. The third kappa shape index (κ3) is 2.14. The van der Waals surface area contributed by atoms with E-state index in [-0.39, 0.29) is 17.1 Å². The molecule has 2 N–H and O–H groups in total. The number of methoxy groups -OCH3 is 1. The monoisotopic (exact) mass is 251 g/mol. The third-order valence-electron chi connectivity index (χ3n) is 2.49. The lowest BCUT2D eigenvalue weighted by Crippen LogP contribution is -2.18. The lowest BCUT2D eigenvalue weighted by molar-refractivity contribution is 0.385. The molecular formula is C12H11F2N3O. The summed E-state index contributed by atoms with van der Waals surface area (Å²) in [7, 11) is 1.39. The van der Waals surface area contributed by atoms with E-state index in [1.165, 1.54) is 25.6 Å². The summed E-state index contributed by atoms with van der Waals surface area (Å²) in [6, 6.07) is 2.48. The summed E-state index contributed by atoms with van der Waals surface area (Å²) in [5.74, 6) is -1.31. The Hall–Kier alpha value is -2.08. The number of hydrogen-bond acceptors (Lipinski definition) is 4. The average Bonchev–Trinajstić information content (AvgIpc) is 2.38. The Morgan fingerprint density at radius 3 is 2.39 bits per heavy atom. The lowest BCUT2D eigenvalue weighted by Gasteiger charge is -2.15. The number of nitrogens with zero attached hydrogens (tertiary/aromatic N) is 2. The first kappa shape index (κ1) is 12.4. The van der Waals surface area contributed by atoms with Crippen molar-refractivity contribution < 1.29 is 13.5 Å². The largest absolute Gasteiger partial charge is 0.480 e. The van der Waals surface area contributed by atoms with Crippen molar-refractivity contribution in [3.8, 4) is 5.88 Å². The number of ether oxygens (including phenoxy) is 1. The molecule has 0 aliphatic heterocycles. The zero-order chi connectivity index (χ0) is 13.1. The van der Waals surface area contributed by atoms with E-state index in [1.807, 2.05) is 0 Å². The molecule has 2 rings (SSSR count). The van der Waals surface area contributed by atoms with Crippen LogP contribution in [0.5, 0.6) is 5.88 Å². The molecule has 1 aromatic carbocycles. The first-order chi connectivity index (χ1) is 8.65. The van der Waals surface area contributed by atoms with Gasteiger partial charge in [-0.2, -0.15) is 0 Å². The molecule has 0 saturated carbocycles. The second-order valence-electron chi connectivity index (χ2n) is 3.56. The highest BCUT2D eigenvalue weighted by Crippen LogP contribution is 2.27. The number of rotatable bonds is 3. The summed E-state index contributed by atoms with van der Waals surface area (Å²) < 4.78 is 32.2. The van der Waals surface area contributed by atoms with Crippen LogP contribution in [0.4, 0.5) is 8.78 Å². The van der Waals surface area contributed by atoms with Crippen LogP contribution in [-0.2, 0) is 0 Å². The Balaban J connectivity index is 2.51. The van der Waals surface area contributed by atoms with Gasteiger partial charge < -0.3 is 10.5 Å². The maximum Gasteiger partial charge on any atom is 0.237 e. The summed E-state index contributed by atoms with van der Waals surface area (Å²) in [4.78, 5) is 7.86. The smallest absolute Gasteiger partial charge is 0.237 e. The van der Waals surface area contributed by atoms with Gasteiger partial charge in [-0.25, -0.2) is 13.8 Å². The zero-order valence-corrected chi connectivity index (χ0v) is 9.60. The van der Waals surface area contributed by atoms with Crippen molar-refractivity contribution in [3.05, 3.63) is 53.5 Å². The third-order valence-corrected chi connectivity index (χ3v) is 2.49. The molecule has 0 amide bonds. The van der Waals surface area contributed by atoms with Gasteiger partial charge in [0, 0.05) is 18.0 Å². The van der Waals surface area contributed by atoms with Crippen LogP contribution in [0.2, 0.25) is 0 Å². The number of hydrogen-bond donors (Lipinski definition) is 1. The van der Waals surface area contributed by atoms with Gasteiger partial charge in [-0.05, 0) is 12.1 Å². The Morgan fingerprint density at radius 1 is 1.17 bits per heavy atom. The summed E-state index contributed by atoms with van der Waals surface area (Å²) in [5.41, 5.74) is 5.76. The van der Waals surface area contributed by atoms with Gasteiger partial charge in [-0.15, -0.1) is 0 Å². The second kappa shape index (κ2) is 5.05. The molecule has 0 saturated heterocycles. The van der Waals surface area contributed by atoms with Crippen molar-refractivity contribution in [2.45, 2.75) is 6.04 Å². The van der Waals surface area contributed by atoms with Crippen LogP contribution < -0.4 is 10.5 Å². The number of nitrogens with two attached hydrogens (primary N) is 1. The second-order valence-corrected chi connectivity index (χ2v) is 3.56. The quantitative estimate of drug-likeness (QED) is 0.903. The Bertz CT molecular complexity index is 543. The molecule has 0 spiro atoms. The summed E-state index contributed by atoms with van der Waals surface area (Å²) in [5, 5.41) is 0. The van der Waals surface area contributed by atoms with E-state index in [0.29, 0.717) is 0 Å². The van der Waals surface area contributed by atoms with Crippen LogP contribution in [0.15, 0.2) is 30.6 Å². The van der Waals surface area contributed by atoms with Crippen molar-refractivity contribution in [2.75, 3.05) is 7.11 Å². The first-order valence-electron chi connectivity index (χ1n) is 5.19. The minimum atomic E-state index is -1.07. The number of halogens is 2. The van der Waals surface area contributed by atoms with Crippen LogP contribution in [0, 0.1) is 11.6 Å². The standard InChI is InChI=1S/C12H11F2N3O/c1-18-12-11(16-5-6-17-12)10(15)9-7(13)3-2-4-8(9)14/h2-6,10H,15H2,1H3. The molecule has 18 heavy (non-hydrogen) atoms. The van der Waals surface area contributed by atoms with Crippen molar-refractivity contribution in [1.82, 2.24) is 9.97 Å². The number of aromatic nitrogens is 2. The van der Waals surface area contributed by atoms with Crippen LogP contribution in [0.3, 0.4) is 0 Å². The summed E-state index contributed by atoms with van der Waals surface area (Å²) in [6.07, 6.45) is 2.79. The fourth-order valence-electron chi connectivity index (χ4n) is 1.65. The maximum atomic E-state index is 13.6. The molecule has 2 aromatic rings. The van der Waals surface area contributed by atoms with Gasteiger partial charge in [0.15, 0.2) is 0 Å². The Morgan fingerprint density at radius 2 is 1.78 bits per heavy atom. The molecular weight excluding hydrogens is 240 g/mol. The average molecular weight is 251 g/mol. The van der Waals surface area contributed by atoms with Crippen molar-refractivity contribution in [3.63, 3.8) is 0 Å². The van der Waals surface area contributed by atoms with Crippen LogP contribution in [0.1, 0.15) is 17.3 Å². The Labute approximate surface area is 102 Å². The van der Waals surface area contributed by atoms with Crippen LogP contribution in [-0.4, -0.2) is 17.1 Å². The van der Waals surface area contributed by atoms with Gasteiger partial charge in [0.1, 0.15) is 17.3 Å². The molecule has 0 aliphatic rings. The van der Waals surface area contributed by atoms with Gasteiger partial charge in [0.2, 0.25) is 5.88 Å². The highest BCUT2D eigenvalue weighted by Gasteiger charge is 2.22. The van der Waals surface area contributed by atoms with Crippen molar-refractivity contribution in [2.24, 2.45) is 5.73 Å². The van der Waals surface area contributed by atoms with E-state index >= 15 is 0 Å². The van der Waals surface area contributed by atoms with Gasteiger partial charge in [-0.1, -0.05) is 6.07 Å². The van der Waals surface area contributed by atoms with Gasteiger partial charge in [0.05, 0.1) is 13.2 Å². The highest BCUT2D eigenvalue weighted by atomic mass is 19.1. The van der Waals surface area contributed by atoms with E-state index in [2.05, 4.69) is 9.97 Å². The van der Waals surface area contributed by atoms with E-state index in [1.54, 1.807) is 0 Å². The minimum absolute atomic E-state index is 0.146. The lowest BCUT2D eigenvalue weighted by atomic mass is 10.0. The predicted molar refractivity (Wildman–Crippen MR) is 61.0 cm³/mol. The SMILES string of the molecule is COc1nccnc1C(N)c1c(F)cccc1F. The van der Waals surface area contributed by atoms with Crippen LogP contribution >= 0.6 is 0 Å². The van der Waals surface area contributed by atoms with E-state index in [9.17, 15) is 8.78 Å². The first-order valence-corrected chi connectivity index (χ1v) is 5.19. The van der Waals surface area contributed by atoms with Crippen molar-refractivity contribution in [1.29, 1.82) is 0 Å². The molecule has 1 atom stereocenters.